The molecule has 0 radical (unpaired) electrons. The van der Waals surface area contributed by atoms with Gasteiger partial charge < -0.3 is 4.90 Å². The summed E-state index contributed by atoms with van der Waals surface area (Å²) in [4.78, 5) is 12.7. The molecule has 0 N–H and O–H groups in total. The summed E-state index contributed by atoms with van der Waals surface area (Å²) in [6.07, 6.45) is 0. The van der Waals surface area contributed by atoms with E-state index in [0.29, 0.717) is 5.82 Å². The van der Waals surface area contributed by atoms with Crippen LogP contribution in [-0.4, -0.2) is 9.97 Å². The first kappa shape index (κ1) is 40.8. The summed E-state index contributed by atoms with van der Waals surface area (Å²) in [6, 6.07) is 96.6. The predicted molar refractivity (Wildman–Crippen MR) is 280 cm³/mol. The normalized spacial score (nSPS) is 11.0. The van der Waals surface area contributed by atoms with E-state index in [-0.39, 0.29) is 0 Å². The van der Waals surface area contributed by atoms with Gasteiger partial charge in [-0.15, -0.1) is 0 Å². The summed E-state index contributed by atoms with van der Waals surface area (Å²) in [6.45, 7) is 0. The van der Waals surface area contributed by atoms with Crippen LogP contribution in [-0.2, 0) is 0 Å². The average Bonchev–Trinajstić information content (AvgIpc) is 3.42. The largest absolute Gasteiger partial charge is 0.311 e. The number of aromatic nitrogens is 2. The molecule has 11 rings (SSSR count). The zero-order chi connectivity index (χ0) is 44.8. The summed E-state index contributed by atoms with van der Waals surface area (Å²) in [5, 5.41) is 0. The third-order valence-electron chi connectivity index (χ3n) is 12.4. The van der Waals surface area contributed by atoms with Crippen LogP contribution in [0.15, 0.2) is 273 Å². The van der Waals surface area contributed by atoms with Gasteiger partial charge in [-0.25, -0.2) is 9.97 Å². The number of rotatable bonds is 11. The van der Waals surface area contributed by atoms with E-state index >= 15 is 0 Å². The molecule has 316 valence electrons. The van der Waals surface area contributed by atoms with Crippen LogP contribution < -0.4 is 4.90 Å². The highest BCUT2D eigenvalue weighted by Crippen LogP contribution is 2.38. The van der Waals surface area contributed by atoms with E-state index < -0.39 is 0 Å². The van der Waals surface area contributed by atoms with Crippen molar-refractivity contribution in [2.45, 2.75) is 0 Å². The van der Waals surface area contributed by atoms with Gasteiger partial charge in [-0.05, 0) is 98.1 Å². The van der Waals surface area contributed by atoms with Crippen LogP contribution in [0.1, 0.15) is 0 Å². The molecule has 0 unspecified atom stereocenters. The molecule has 0 saturated heterocycles. The first-order valence-corrected chi connectivity index (χ1v) is 22.7. The monoisotopic (exact) mass is 855 g/mol. The van der Waals surface area contributed by atoms with Gasteiger partial charge in [0.1, 0.15) is 0 Å². The maximum absolute atomic E-state index is 5.19. The van der Waals surface area contributed by atoms with Crippen LogP contribution in [0.25, 0.3) is 89.5 Å². The zero-order valence-electron chi connectivity index (χ0n) is 36.8. The second-order valence-corrected chi connectivity index (χ2v) is 16.6. The van der Waals surface area contributed by atoms with E-state index in [1.54, 1.807) is 0 Å². The fraction of sp³-hybridized carbons (Fsp3) is 0. The Morgan fingerprint density at radius 1 is 0.194 bits per heavy atom. The van der Waals surface area contributed by atoms with Crippen molar-refractivity contribution in [3.63, 3.8) is 0 Å². The van der Waals surface area contributed by atoms with E-state index in [9.17, 15) is 0 Å². The number of benzene rings is 10. The highest BCUT2D eigenvalue weighted by molar-refractivity contribution is 5.82. The van der Waals surface area contributed by atoms with E-state index in [4.69, 9.17) is 9.97 Å². The molecular weight excluding hydrogens is 811 g/mol. The molecule has 0 bridgehead atoms. The van der Waals surface area contributed by atoms with E-state index in [1.807, 2.05) is 12.1 Å². The molecule has 3 nitrogen and oxygen atoms in total. The van der Waals surface area contributed by atoms with Crippen molar-refractivity contribution in [1.82, 2.24) is 9.97 Å². The highest BCUT2D eigenvalue weighted by Gasteiger charge is 2.16. The molecule has 0 spiro atoms. The maximum atomic E-state index is 5.19. The minimum absolute atomic E-state index is 0.688. The van der Waals surface area contributed by atoms with E-state index in [2.05, 4.69) is 266 Å². The third kappa shape index (κ3) is 8.95. The molecule has 67 heavy (non-hydrogen) atoms. The van der Waals surface area contributed by atoms with Gasteiger partial charge in [-0.1, -0.05) is 231 Å². The summed E-state index contributed by atoms with van der Waals surface area (Å²) in [7, 11) is 0. The molecule has 0 aliphatic carbocycles. The molecule has 0 aliphatic rings. The lowest BCUT2D eigenvalue weighted by molar-refractivity contribution is 1.18. The number of anilines is 3. The minimum atomic E-state index is 0.688. The number of hydrogen-bond donors (Lipinski definition) is 0. The molecule has 10 aromatic carbocycles. The van der Waals surface area contributed by atoms with Gasteiger partial charge in [0.15, 0.2) is 5.82 Å². The van der Waals surface area contributed by atoms with Crippen molar-refractivity contribution < 1.29 is 0 Å². The van der Waals surface area contributed by atoms with Gasteiger partial charge in [-0.3, -0.25) is 0 Å². The summed E-state index contributed by atoms with van der Waals surface area (Å²) >= 11 is 0. The second-order valence-electron chi connectivity index (χ2n) is 16.6. The van der Waals surface area contributed by atoms with E-state index in [1.165, 1.54) is 38.9 Å². The van der Waals surface area contributed by atoms with Crippen LogP contribution >= 0.6 is 0 Å². The van der Waals surface area contributed by atoms with E-state index in [0.717, 1.165) is 61.8 Å². The fourth-order valence-electron chi connectivity index (χ4n) is 8.73. The molecule has 0 aliphatic heterocycles. The lowest BCUT2D eigenvalue weighted by Gasteiger charge is -2.26. The Morgan fingerprint density at radius 3 is 0.672 bits per heavy atom. The Hall–Kier alpha value is -8.92. The summed E-state index contributed by atoms with van der Waals surface area (Å²) in [5.74, 6) is 0.688. The molecule has 0 fully saturated rings. The van der Waals surface area contributed by atoms with Crippen molar-refractivity contribution >= 4 is 17.1 Å². The zero-order valence-corrected chi connectivity index (χ0v) is 36.8. The number of nitrogens with zero attached hydrogens (tertiary/aromatic N) is 3. The van der Waals surface area contributed by atoms with Crippen LogP contribution in [0.5, 0.6) is 0 Å². The Kier molecular flexibility index (Phi) is 11.4. The number of hydrogen-bond acceptors (Lipinski definition) is 3. The Morgan fingerprint density at radius 2 is 0.403 bits per heavy atom. The molecule has 11 aromatic rings. The lowest BCUT2D eigenvalue weighted by atomic mass is 10.00. The molecule has 3 heteroatoms. The SMILES string of the molecule is c1ccc(-c2ccc(-c3cc(-c4ccc(-c5ccc(N(c6ccc(-c7ccccc7)cc6)c6ccc(-c7ccccc7)cc6)cc5)cc4)nc(-c4ccc(-c5ccccc5)cc4)n3)cc2)cc1. The van der Waals surface area contributed by atoms with Crippen molar-refractivity contribution in [2.24, 2.45) is 0 Å². The van der Waals surface area contributed by atoms with Gasteiger partial charge in [-0.2, -0.15) is 0 Å². The summed E-state index contributed by atoms with van der Waals surface area (Å²) in [5.41, 5.74) is 19.8. The first-order chi connectivity index (χ1) is 33.2. The Balaban J connectivity index is 0.905. The smallest absolute Gasteiger partial charge is 0.160 e. The Labute approximate surface area is 392 Å². The first-order valence-electron chi connectivity index (χ1n) is 22.7. The van der Waals surface area contributed by atoms with Crippen molar-refractivity contribution in [3.8, 4) is 89.5 Å². The van der Waals surface area contributed by atoms with Crippen LogP contribution in [0.4, 0.5) is 17.1 Å². The topological polar surface area (TPSA) is 29.0 Å². The average molecular weight is 856 g/mol. The van der Waals surface area contributed by atoms with Gasteiger partial charge in [0, 0.05) is 33.8 Å². The fourth-order valence-corrected chi connectivity index (χ4v) is 8.73. The predicted octanol–water partition coefficient (Wildman–Crippen LogP) is 17.3. The molecule has 0 saturated carbocycles. The van der Waals surface area contributed by atoms with Crippen LogP contribution in [0.3, 0.4) is 0 Å². The molecule has 0 atom stereocenters. The van der Waals surface area contributed by atoms with Crippen molar-refractivity contribution in [2.75, 3.05) is 4.90 Å². The quantitative estimate of drug-likeness (QED) is 0.130. The lowest BCUT2D eigenvalue weighted by Crippen LogP contribution is -2.09. The minimum Gasteiger partial charge on any atom is -0.311 e. The van der Waals surface area contributed by atoms with Gasteiger partial charge in [0.2, 0.25) is 0 Å². The van der Waals surface area contributed by atoms with Crippen molar-refractivity contribution in [1.29, 1.82) is 0 Å². The second kappa shape index (κ2) is 18.7. The summed E-state index contributed by atoms with van der Waals surface area (Å²) < 4.78 is 0. The van der Waals surface area contributed by atoms with Gasteiger partial charge in [0.05, 0.1) is 11.4 Å². The standard InChI is InChI=1S/C64H45N3/c1-5-13-46(14-6-1)50-21-27-56(28-22-50)62-45-63(66-64(65-62)58-31-25-51(26-32-58)47-15-7-2-8-16-47)57-29-23-52(24-30-57)55-37-43-61(44-38-55)67(59-39-33-53(34-40-59)48-17-9-3-10-18-48)60-41-35-54(36-42-60)49-19-11-4-12-20-49/h1-45H. The maximum Gasteiger partial charge on any atom is 0.160 e. The Bertz CT molecular complexity index is 3170. The van der Waals surface area contributed by atoms with Gasteiger partial charge >= 0.3 is 0 Å². The van der Waals surface area contributed by atoms with Crippen molar-refractivity contribution in [3.05, 3.63) is 273 Å². The molecule has 1 aromatic heterocycles. The van der Waals surface area contributed by atoms with Crippen LogP contribution in [0, 0.1) is 0 Å². The van der Waals surface area contributed by atoms with Crippen LogP contribution in [0.2, 0.25) is 0 Å². The highest BCUT2D eigenvalue weighted by atomic mass is 15.1. The third-order valence-corrected chi connectivity index (χ3v) is 12.4. The molecular formula is C64H45N3. The molecule has 0 amide bonds. The van der Waals surface area contributed by atoms with Gasteiger partial charge in [0.25, 0.3) is 0 Å². The molecule has 1 heterocycles.